The fourth-order valence-corrected chi connectivity index (χ4v) is 2.85. The maximum absolute atomic E-state index is 5.60. The third kappa shape index (κ3) is 5.53. The Morgan fingerprint density at radius 1 is 1.04 bits per heavy atom. The molecule has 0 saturated heterocycles. The lowest BCUT2D eigenvalue weighted by Gasteiger charge is -2.30. The second-order valence-corrected chi connectivity index (χ2v) is 6.42. The summed E-state index contributed by atoms with van der Waals surface area (Å²) in [6, 6.07) is 18.9. The molecule has 3 nitrogen and oxygen atoms in total. The van der Waals surface area contributed by atoms with Crippen LogP contribution in [-0.4, -0.2) is 29.7 Å². The maximum Gasteiger partial charge on any atom is 0.169 e. The number of rotatable bonds is 7. The van der Waals surface area contributed by atoms with Crippen molar-refractivity contribution in [3.05, 3.63) is 65.7 Å². The van der Waals surface area contributed by atoms with Gasteiger partial charge in [-0.25, -0.2) is 0 Å². The Labute approximate surface area is 150 Å². The van der Waals surface area contributed by atoms with E-state index in [2.05, 4.69) is 60.5 Å². The van der Waals surface area contributed by atoms with E-state index >= 15 is 0 Å². The van der Waals surface area contributed by atoms with E-state index in [1.165, 1.54) is 11.1 Å². The number of methoxy groups -OCH3 is 1. The van der Waals surface area contributed by atoms with E-state index in [4.69, 9.17) is 17.0 Å². The molecule has 0 bridgehead atoms. The summed E-state index contributed by atoms with van der Waals surface area (Å²) >= 11 is 5.60. The van der Waals surface area contributed by atoms with Gasteiger partial charge in [0.15, 0.2) is 5.11 Å². The molecule has 0 aliphatic carbocycles. The molecule has 0 spiro atoms. The van der Waals surface area contributed by atoms with Crippen LogP contribution in [0.3, 0.4) is 0 Å². The zero-order chi connectivity index (χ0) is 17.4. The lowest BCUT2D eigenvalue weighted by Crippen LogP contribution is -2.43. The fraction of sp³-hybridized carbons (Fsp3) is 0.350. The molecule has 0 heterocycles. The van der Waals surface area contributed by atoms with Crippen LogP contribution in [0, 0.1) is 0 Å². The summed E-state index contributed by atoms with van der Waals surface area (Å²) in [6.45, 7) is 5.98. The van der Waals surface area contributed by atoms with Crippen molar-refractivity contribution in [2.24, 2.45) is 0 Å². The van der Waals surface area contributed by atoms with E-state index in [9.17, 15) is 0 Å². The summed E-state index contributed by atoms with van der Waals surface area (Å²) in [5, 5.41) is 4.20. The van der Waals surface area contributed by atoms with Gasteiger partial charge in [-0.05, 0) is 55.7 Å². The third-order valence-corrected chi connectivity index (χ3v) is 4.31. The molecule has 0 unspecified atom stereocenters. The molecule has 0 fully saturated rings. The van der Waals surface area contributed by atoms with Crippen molar-refractivity contribution in [2.45, 2.75) is 32.9 Å². The van der Waals surface area contributed by atoms with Crippen LogP contribution in [-0.2, 0) is 13.0 Å². The third-order valence-electron chi connectivity index (χ3n) is 3.93. The normalized spacial score (nSPS) is 10.5. The minimum atomic E-state index is 0.353. The van der Waals surface area contributed by atoms with Crippen LogP contribution in [0.4, 0.5) is 0 Å². The summed E-state index contributed by atoms with van der Waals surface area (Å²) < 4.78 is 5.18. The summed E-state index contributed by atoms with van der Waals surface area (Å²) in [4.78, 5) is 2.22. The van der Waals surface area contributed by atoms with Crippen molar-refractivity contribution in [2.75, 3.05) is 13.7 Å². The van der Waals surface area contributed by atoms with E-state index in [1.807, 2.05) is 18.2 Å². The van der Waals surface area contributed by atoms with Crippen LogP contribution in [0.25, 0.3) is 0 Å². The van der Waals surface area contributed by atoms with Gasteiger partial charge in [0.1, 0.15) is 5.75 Å². The molecule has 0 amide bonds. The number of hydrogen-bond donors (Lipinski definition) is 1. The van der Waals surface area contributed by atoms with Crippen molar-refractivity contribution in [1.82, 2.24) is 10.2 Å². The number of ether oxygens (including phenoxy) is 1. The van der Waals surface area contributed by atoms with Crippen LogP contribution < -0.4 is 10.1 Å². The Morgan fingerprint density at radius 2 is 1.71 bits per heavy atom. The predicted molar refractivity (Wildman–Crippen MR) is 104 cm³/mol. The molecule has 0 aliphatic heterocycles. The van der Waals surface area contributed by atoms with Crippen molar-refractivity contribution in [3.8, 4) is 5.75 Å². The first-order valence-corrected chi connectivity index (χ1v) is 8.72. The van der Waals surface area contributed by atoms with Crippen molar-refractivity contribution in [3.63, 3.8) is 0 Å². The molecule has 0 aromatic heterocycles. The van der Waals surface area contributed by atoms with Crippen LogP contribution in [0.5, 0.6) is 5.75 Å². The first-order valence-electron chi connectivity index (χ1n) is 8.31. The van der Waals surface area contributed by atoms with Gasteiger partial charge in [-0.15, -0.1) is 0 Å². The van der Waals surface area contributed by atoms with E-state index in [0.717, 1.165) is 30.4 Å². The number of nitrogens with zero attached hydrogens (tertiary/aromatic N) is 1. The van der Waals surface area contributed by atoms with Gasteiger partial charge >= 0.3 is 0 Å². The molecular weight excluding hydrogens is 316 g/mol. The lowest BCUT2D eigenvalue weighted by molar-refractivity contribution is 0.338. The summed E-state index contributed by atoms with van der Waals surface area (Å²) in [5.74, 6) is 0.885. The first-order chi connectivity index (χ1) is 11.6. The van der Waals surface area contributed by atoms with Gasteiger partial charge in [-0.1, -0.05) is 42.5 Å². The van der Waals surface area contributed by atoms with Crippen molar-refractivity contribution < 1.29 is 4.74 Å². The molecule has 0 saturated carbocycles. The molecule has 0 atom stereocenters. The second kappa shape index (κ2) is 9.28. The monoisotopic (exact) mass is 342 g/mol. The number of benzene rings is 2. The van der Waals surface area contributed by atoms with Gasteiger partial charge < -0.3 is 15.0 Å². The Hall–Kier alpha value is -2.07. The predicted octanol–water partition coefficient (Wildman–Crippen LogP) is 4.02. The zero-order valence-corrected chi connectivity index (χ0v) is 15.5. The summed E-state index contributed by atoms with van der Waals surface area (Å²) in [5.41, 5.74) is 2.54. The average Bonchev–Trinajstić information content (AvgIpc) is 2.60. The quantitative estimate of drug-likeness (QED) is 0.768. The van der Waals surface area contributed by atoms with Crippen LogP contribution >= 0.6 is 12.2 Å². The van der Waals surface area contributed by atoms with Crippen LogP contribution in [0.2, 0.25) is 0 Å². The van der Waals surface area contributed by atoms with Gasteiger partial charge in [-0.2, -0.15) is 0 Å². The molecular formula is C20H26N2OS. The first kappa shape index (κ1) is 18.3. The van der Waals surface area contributed by atoms with Crippen molar-refractivity contribution >= 4 is 17.3 Å². The average molecular weight is 343 g/mol. The van der Waals surface area contributed by atoms with Gasteiger partial charge in [0.2, 0.25) is 0 Å². The highest BCUT2D eigenvalue weighted by atomic mass is 32.1. The molecule has 2 rings (SSSR count). The van der Waals surface area contributed by atoms with Crippen molar-refractivity contribution in [1.29, 1.82) is 0 Å². The molecule has 2 aromatic carbocycles. The highest BCUT2D eigenvalue weighted by Gasteiger charge is 2.13. The minimum Gasteiger partial charge on any atom is -0.497 e. The smallest absolute Gasteiger partial charge is 0.169 e. The van der Waals surface area contributed by atoms with Crippen LogP contribution in [0.15, 0.2) is 54.6 Å². The number of nitrogens with one attached hydrogen (secondary N) is 1. The Balaban J connectivity index is 1.86. The largest absolute Gasteiger partial charge is 0.497 e. The Morgan fingerprint density at radius 3 is 2.29 bits per heavy atom. The molecule has 24 heavy (non-hydrogen) atoms. The lowest BCUT2D eigenvalue weighted by atomic mass is 10.1. The molecule has 1 N–H and O–H groups in total. The highest BCUT2D eigenvalue weighted by molar-refractivity contribution is 7.80. The SMILES string of the molecule is COc1ccc(CCNC(=S)N(Cc2ccccc2)C(C)C)cc1. The number of thiocarbonyl (C=S) groups is 1. The molecule has 128 valence electrons. The highest BCUT2D eigenvalue weighted by Crippen LogP contribution is 2.12. The Bertz CT molecular complexity index is 626. The van der Waals surface area contributed by atoms with E-state index in [-0.39, 0.29) is 0 Å². The molecule has 0 aliphatic rings. The zero-order valence-electron chi connectivity index (χ0n) is 14.7. The second-order valence-electron chi connectivity index (χ2n) is 6.04. The number of hydrogen-bond acceptors (Lipinski definition) is 2. The van der Waals surface area contributed by atoms with E-state index in [1.54, 1.807) is 7.11 Å². The van der Waals surface area contributed by atoms with Gasteiger partial charge in [0, 0.05) is 19.1 Å². The molecule has 0 radical (unpaired) electrons. The maximum atomic E-state index is 5.60. The molecule has 2 aromatic rings. The van der Waals surface area contributed by atoms with E-state index in [0.29, 0.717) is 6.04 Å². The van der Waals surface area contributed by atoms with Gasteiger partial charge in [0.25, 0.3) is 0 Å². The summed E-state index contributed by atoms with van der Waals surface area (Å²) in [6.07, 6.45) is 0.932. The molecule has 4 heteroatoms. The van der Waals surface area contributed by atoms with Gasteiger partial charge in [0.05, 0.1) is 7.11 Å². The van der Waals surface area contributed by atoms with E-state index < -0.39 is 0 Å². The van der Waals surface area contributed by atoms with Crippen LogP contribution in [0.1, 0.15) is 25.0 Å². The topological polar surface area (TPSA) is 24.5 Å². The van der Waals surface area contributed by atoms with Gasteiger partial charge in [-0.3, -0.25) is 0 Å². The Kier molecular flexibility index (Phi) is 7.07. The standard InChI is InChI=1S/C20H26N2OS/c1-16(2)22(15-18-7-5-4-6-8-18)20(24)21-14-13-17-9-11-19(23-3)12-10-17/h4-12,16H,13-15H2,1-3H3,(H,21,24). The summed E-state index contributed by atoms with van der Waals surface area (Å²) in [7, 11) is 1.68. The fourth-order valence-electron chi connectivity index (χ4n) is 2.48. The minimum absolute atomic E-state index is 0.353.